The van der Waals surface area contributed by atoms with Crippen LogP contribution in [0.15, 0.2) is 11.6 Å². The summed E-state index contributed by atoms with van der Waals surface area (Å²) >= 11 is 0. The Balaban J connectivity index is 3.04. The third-order valence-corrected chi connectivity index (χ3v) is 3.78. The minimum absolute atomic E-state index is 0.201. The predicted molar refractivity (Wildman–Crippen MR) is 64.8 cm³/mol. The van der Waals surface area contributed by atoms with Gasteiger partial charge in [0.15, 0.2) is 0 Å². The molecular weight excluding hydrogens is 184 g/mol. The van der Waals surface area contributed by atoms with Gasteiger partial charge in [0.1, 0.15) is 5.78 Å². The van der Waals surface area contributed by atoms with Gasteiger partial charge in [-0.1, -0.05) is 32.4 Å². The lowest BCUT2D eigenvalue weighted by Crippen LogP contribution is -2.35. The van der Waals surface area contributed by atoms with Gasteiger partial charge < -0.3 is 0 Å². The van der Waals surface area contributed by atoms with Gasteiger partial charge in [-0.15, -0.1) is 0 Å². The number of rotatable bonds is 3. The van der Waals surface area contributed by atoms with Crippen molar-refractivity contribution in [2.45, 2.75) is 60.3 Å². The van der Waals surface area contributed by atoms with Crippen LogP contribution < -0.4 is 0 Å². The molecule has 0 amide bonds. The summed E-state index contributed by atoms with van der Waals surface area (Å²) in [5, 5.41) is 0. The number of carbonyl (C=O) groups excluding carboxylic acids is 1. The Morgan fingerprint density at radius 1 is 1.47 bits per heavy atom. The lowest BCUT2D eigenvalue weighted by Gasteiger charge is -2.40. The van der Waals surface area contributed by atoms with Crippen molar-refractivity contribution in [2.24, 2.45) is 10.8 Å². The standard InChI is InChI=1S/C14H24O/c1-6-12(15)14(4,5)11-9-7-8-10-13(11,2)3/h9H,6-8,10H2,1-5H3. The van der Waals surface area contributed by atoms with Crippen LogP contribution in [-0.2, 0) is 4.79 Å². The van der Waals surface area contributed by atoms with Gasteiger partial charge in [-0.05, 0) is 38.5 Å². The van der Waals surface area contributed by atoms with Crippen LogP contribution in [0.4, 0.5) is 0 Å². The van der Waals surface area contributed by atoms with Crippen molar-refractivity contribution in [1.82, 2.24) is 0 Å². The van der Waals surface area contributed by atoms with Crippen LogP contribution in [0.3, 0.4) is 0 Å². The van der Waals surface area contributed by atoms with E-state index in [0.717, 1.165) is 6.42 Å². The molecule has 0 N–H and O–H groups in total. The maximum absolute atomic E-state index is 12.0. The van der Waals surface area contributed by atoms with Crippen molar-refractivity contribution >= 4 is 5.78 Å². The topological polar surface area (TPSA) is 17.1 Å². The second-order valence-corrected chi connectivity index (χ2v) is 5.80. The fourth-order valence-electron chi connectivity index (χ4n) is 2.89. The highest BCUT2D eigenvalue weighted by molar-refractivity contribution is 5.87. The summed E-state index contributed by atoms with van der Waals surface area (Å²) in [7, 11) is 0. The molecule has 1 aliphatic carbocycles. The highest BCUT2D eigenvalue weighted by Gasteiger charge is 2.39. The number of hydrogen-bond acceptors (Lipinski definition) is 1. The molecule has 0 radical (unpaired) electrons. The molecular formula is C14H24O. The Morgan fingerprint density at radius 2 is 2.07 bits per heavy atom. The van der Waals surface area contributed by atoms with Crippen LogP contribution in [0.1, 0.15) is 60.3 Å². The van der Waals surface area contributed by atoms with E-state index in [1.54, 1.807) is 0 Å². The number of hydrogen-bond donors (Lipinski definition) is 0. The van der Waals surface area contributed by atoms with E-state index in [0.29, 0.717) is 12.2 Å². The zero-order valence-electron chi connectivity index (χ0n) is 10.8. The highest BCUT2D eigenvalue weighted by Crippen LogP contribution is 2.46. The number of allylic oxidation sites excluding steroid dienone is 2. The zero-order chi connectivity index (χ0) is 11.7. The van der Waals surface area contributed by atoms with Gasteiger partial charge in [0.05, 0.1) is 0 Å². The summed E-state index contributed by atoms with van der Waals surface area (Å²) in [5.41, 5.74) is 1.29. The molecule has 1 rings (SSSR count). The molecule has 1 aliphatic rings. The van der Waals surface area contributed by atoms with Crippen LogP contribution in [-0.4, -0.2) is 5.78 Å². The van der Waals surface area contributed by atoms with Crippen molar-refractivity contribution in [1.29, 1.82) is 0 Å². The molecule has 0 bridgehead atoms. The van der Waals surface area contributed by atoms with Crippen molar-refractivity contribution in [3.63, 3.8) is 0 Å². The van der Waals surface area contributed by atoms with E-state index in [1.165, 1.54) is 18.4 Å². The van der Waals surface area contributed by atoms with Gasteiger partial charge in [0.2, 0.25) is 0 Å². The molecule has 15 heavy (non-hydrogen) atoms. The van der Waals surface area contributed by atoms with Gasteiger partial charge in [0.25, 0.3) is 0 Å². The van der Waals surface area contributed by atoms with Crippen molar-refractivity contribution in [3.8, 4) is 0 Å². The SMILES string of the molecule is CCC(=O)C(C)(C)C1=CCCCC1(C)C. The summed E-state index contributed by atoms with van der Waals surface area (Å²) < 4.78 is 0. The van der Waals surface area contributed by atoms with Gasteiger partial charge >= 0.3 is 0 Å². The zero-order valence-corrected chi connectivity index (χ0v) is 10.8. The predicted octanol–water partition coefficient (Wildman–Crippen LogP) is 4.13. The van der Waals surface area contributed by atoms with E-state index in [-0.39, 0.29) is 10.8 Å². The number of Topliss-reactive ketones (excluding diaryl/α,β-unsaturated/α-hetero) is 1. The monoisotopic (exact) mass is 208 g/mol. The number of ketones is 1. The van der Waals surface area contributed by atoms with Crippen molar-refractivity contribution in [2.75, 3.05) is 0 Å². The third-order valence-electron chi connectivity index (χ3n) is 3.78. The van der Waals surface area contributed by atoms with Crippen LogP contribution >= 0.6 is 0 Å². The molecule has 0 atom stereocenters. The minimum Gasteiger partial charge on any atom is -0.299 e. The minimum atomic E-state index is -0.265. The second-order valence-electron chi connectivity index (χ2n) is 5.80. The first-order chi connectivity index (χ1) is 6.82. The third kappa shape index (κ3) is 2.32. The molecule has 1 nitrogen and oxygen atoms in total. The van der Waals surface area contributed by atoms with E-state index in [9.17, 15) is 4.79 Å². The van der Waals surface area contributed by atoms with Crippen LogP contribution in [0.5, 0.6) is 0 Å². The molecule has 0 saturated carbocycles. The molecule has 0 aromatic rings. The Labute approximate surface area is 93.9 Å². The lowest BCUT2D eigenvalue weighted by atomic mass is 9.63. The second kappa shape index (κ2) is 4.11. The lowest BCUT2D eigenvalue weighted by molar-refractivity contribution is -0.125. The Morgan fingerprint density at radius 3 is 2.53 bits per heavy atom. The average Bonchev–Trinajstić information content (AvgIpc) is 2.15. The van der Waals surface area contributed by atoms with E-state index in [2.05, 4.69) is 33.8 Å². The molecule has 0 spiro atoms. The molecule has 0 saturated heterocycles. The summed E-state index contributed by atoms with van der Waals surface area (Å²) in [6, 6.07) is 0. The molecule has 0 heterocycles. The largest absolute Gasteiger partial charge is 0.299 e. The molecule has 0 unspecified atom stereocenters. The first kappa shape index (κ1) is 12.5. The maximum Gasteiger partial charge on any atom is 0.142 e. The first-order valence-corrected chi connectivity index (χ1v) is 6.07. The van der Waals surface area contributed by atoms with E-state index in [1.807, 2.05) is 6.92 Å². The van der Waals surface area contributed by atoms with Crippen molar-refractivity contribution < 1.29 is 4.79 Å². The fourth-order valence-corrected chi connectivity index (χ4v) is 2.89. The highest BCUT2D eigenvalue weighted by atomic mass is 16.1. The Kier molecular flexibility index (Phi) is 3.42. The van der Waals surface area contributed by atoms with Crippen LogP contribution in [0.2, 0.25) is 0 Å². The van der Waals surface area contributed by atoms with E-state index >= 15 is 0 Å². The maximum atomic E-state index is 12.0. The molecule has 0 aromatic heterocycles. The van der Waals surface area contributed by atoms with Gasteiger partial charge in [-0.3, -0.25) is 4.79 Å². The van der Waals surface area contributed by atoms with E-state index < -0.39 is 0 Å². The molecule has 86 valence electrons. The van der Waals surface area contributed by atoms with E-state index in [4.69, 9.17) is 0 Å². The Bertz CT molecular complexity index is 282. The molecule has 1 heteroatoms. The first-order valence-electron chi connectivity index (χ1n) is 6.07. The van der Waals surface area contributed by atoms with Crippen LogP contribution in [0, 0.1) is 10.8 Å². The summed E-state index contributed by atoms with van der Waals surface area (Å²) in [5.74, 6) is 0.365. The molecule has 0 aromatic carbocycles. The van der Waals surface area contributed by atoms with Gasteiger partial charge in [-0.25, -0.2) is 0 Å². The quantitative estimate of drug-likeness (QED) is 0.637. The van der Waals surface area contributed by atoms with Gasteiger partial charge in [-0.2, -0.15) is 0 Å². The summed E-state index contributed by atoms with van der Waals surface area (Å²) in [6.45, 7) is 10.7. The summed E-state index contributed by atoms with van der Waals surface area (Å²) in [4.78, 5) is 12.0. The van der Waals surface area contributed by atoms with Crippen LogP contribution in [0.25, 0.3) is 0 Å². The smallest absolute Gasteiger partial charge is 0.142 e. The van der Waals surface area contributed by atoms with Crippen molar-refractivity contribution in [3.05, 3.63) is 11.6 Å². The van der Waals surface area contributed by atoms with Gasteiger partial charge in [0, 0.05) is 11.8 Å². The summed E-state index contributed by atoms with van der Waals surface area (Å²) in [6.07, 6.45) is 6.54. The normalized spacial score (nSPS) is 21.0. The molecule has 0 fully saturated rings. The Hall–Kier alpha value is -0.590. The fraction of sp³-hybridized carbons (Fsp3) is 0.786. The average molecular weight is 208 g/mol. The number of carbonyl (C=O) groups is 1. The molecule has 0 aliphatic heterocycles.